The Bertz CT molecular complexity index is 399. The summed E-state index contributed by atoms with van der Waals surface area (Å²) in [4.78, 5) is 3.66. The van der Waals surface area contributed by atoms with Gasteiger partial charge in [0.15, 0.2) is 5.82 Å². The van der Waals surface area contributed by atoms with Crippen LogP contribution in [0, 0.1) is 5.82 Å². The minimum atomic E-state index is -0.351. The van der Waals surface area contributed by atoms with Crippen molar-refractivity contribution in [2.75, 3.05) is 5.32 Å². The van der Waals surface area contributed by atoms with Crippen molar-refractivity contribution in [3.05, 3.63) is 42.2 Å². The molecule has 2 rings (SSSR count). The highest BCUT2D eigenvalue weighted by molar-refractivity contribution is 5.42. The molecule has 0 saturated carbocycles. The Hall–Kier alpha value is -1.91. The molecule has 0 aliphatic carbocycles. The molecular formula is C9H9FN4. The van der Waals surface area contributed by atoms with Gasteiger partial charge in [-0.3, -0.25) is 10.1 Å². The largest absolute Gasteiger partial charge is 0.378 e. The fourth-order valence-corrected chi connectivity index (χ4v) is 1.09. The Morgan fingerprint density at radius 1 is 1.43 bits per heavy atom. The van der Waals surface area contributed by atoms with Gasteiger partial charge >= 0.3 is 0 Å². The predicted molar refractivity (Wildman–Crippen MR) is 50.1 cm³/mol. The van der Waals surface area contributed by atoms with Crippen molar-refractivity contribution in [1.29, 1.82) is 0 Å². The maximum absolute atomic E-state index is 13.1. The van der Waals surface area contributed by atoms with E-state index in [0.29, 0.717) is 12.2 Å². The molecule has 0 atom stereocenters. The second kappa shape index (κ2) is 3.87. The topological polar surface area (TPSA) is 53.6 Å². The molecule has 0 aliphatic rings. The standard InChI is InChI=1S/C9H9FN4/c10-8-6-11-2-1-9(8)12-3-7-4-13-14-5-7/h1-2,4-6H,3H2,(H,11,12)(H,13,14). The van der Waals surface area contributed by atoms with Gasteiger partial charge in [0.05, 0.1) is 18.1 Å². The Labute approximate surface area is 80.2 Å². The number of hydrogen-bond donors (Lipinski definition) is 2. The highest BCUT2D eigenvalue weighted by Gasteiger charge is 2.00. The van der Waals surface area contributed by atoms with Crippen LogP contribution in [0.5, 0.6) is 0 Å². The first kappa shape index (κ1) is 8.68. The predicted octanol–water partition coefficient (Wildman–Crippen LogP) is 1.56. The Kier molecular flexibility index (Phi) is 2.40. The maximum Gasteiger partial charge on any atom is 0.164 e. The van der Waals surface area contributed by atoms with E-state index in [9.17, 15) is 4.39 Å². The summed E-state index contributed by atoms with van der Waals surface area (Å²) in [6.45, 7) is 0.539. The molecule has 2 aromatic rings. The number of pyridine rings is 1. The van der Waals surface area contributed by atoms with Crippen LogP contribution in [0.15, 0.2) is 30.9 Å². The lowest BCUT2D eigenvalue weighted by atomic mass is 10.3. The van der Waals surface area contributed by atoms with Crippen molar-refractivity contribution in [3.8, 4) is 0 Å². The van der Waals surface area contributed by atoms with Crippen molar-refractivity contribution in [2.24, 2.45) is 0 Å². The van der Waals surface area contributed by atoms with Gasteiger partial charge in [0.2, 0.25) is 0 Å². The lowest BCUT2D eigenvalue weighted by Crippen LogP contribution is -2.00. The van der Waals surface area contributed by atoms with Gasteiger partial charge in [-0.1, -0.05) is 0 Å². The van der Waals surface area contributed by atoms with Crippen molar-refractivity contribution >= 4 is 5.69 Å². The van der Waals surface area contributed by atoms with Gasteiger partial charge in [0.1, 0.15) is 0 Å². The van der Waals surface area contributed by atoms with E-state index in [4.69, 9.17) is 0 Å². The van der Waals surface area contributed by atoms with Gasteiger partial charge in [-0.05, 0) is 6.07 Å². The zero-order chi connectivity index (χ0) is 9.80. The van der Waals surface area contributed by atoms with E-state index >= 15 is 0 Å². The van der Waals surface area contributed by atoms with Crippen molar-refractivity contribution < 1.29 is 4.39 Å². The minimum absolute atomic E-state index is 0.351. The quantitative estimate of drug-likeness (QED) is 0.775. The summed E-state index contributed by atoms with van der Waals surface area (Å²) < 4.78 is 13.1. The number of nitrogens with zero attached hydrogens (tertiary/aromatic N) is 2. The molecule has 4 nitrogen and oxygen atoms in total. The molecule has 2 heterocycles. The van der Waals surface area contributed by atoms with E-state index in [2.05, 4.69) is 20.5 Å². The average Bonchev–Trinajstić information content (AvgIpc) is 2.69. The van der Waals surface area contributed by atoms with Crippen LogP contribution >= 0.6 is 0 Å². The van der Waals surface area contributed by atoms with Crippen LogP contribution < -0.4 is 5.32 Å². The summed E-state index contributed by atoms with van der Waals surface area (Å²) in [5.74, 6) is -0.351. The molecule has 0 bridgehead atoms. The second-order valence-corrected chi connectivity index (χ2v) is 2.82. The molecule has 0 aliphatic heterocycles. The Morgan fingerprint density at radius 2 is 2.36 bits per heavy atom. The number of halogens is 1. The van der Waals surface area contributed by atoms with Crippen molar-refractivity contribution in [1.82, 2.24) is 15.2 Å². The summed E-state index contributed by atoms with van der Waals surface area (Å²) >= 11 is 0. The lowest BCUT2D eigenvalue weighted by Gasteiger charge is -2.04. The second-order valence-electron chi connectivity index (χ2n) is 2.82. The number of anilines is 1. The molecule has 72 valence electrons. The van der Waals surface area contributed by atoms with Crippen molar-refractivity contribution in [2.45, 2.75) is 6.54 Å². The fraction of sp³-hybridized carbons (Fsp3) is 0.111. The number of H-pyrrole nitrogens is 1. The van der Waals surface area contributed by atoms with E-state index in [1.165, 1.54) is 6.20 Å². The van der Waals surface area contributed by atoms with Crippen LogP contribution in [0.2, 0.25) is 0 Å². The van der Waals surface area contributed by atoms with Gasteiger partial charge in [0, 0.05) is 24.5 Å². The fourth-order valence-electron chi connectivity index (χ4n) is 1.09. The number of nitrogens with one attached hydrogen (secondary N) is 2. The van der Waals surface area contributed by atoms with Crippen LogP contribution in [0.25, 0.3) is 0 Å². The zero-order valence-corrected chi connectivity index (χ0v) is 7.37. The minimum Gasteiger partial charge on any atom is -0.378 e. The highest BCUT2D eigenvalue weighted by atomic mass is 19.1. The van der Waals surface area contributed by atoms with Crippen LogP contribution in [0.4, 0.5) is 10.1 Å². The molecule has 2 aromatic heterocycles. The molecule has 5 heteroatoms. The third-order valence-electron chi connectivity index (χ3n) is 1.81. The molecule has 0 fully saturated rings. The van der Waals surface area contributed by atoms with Crippen LogP contribution in [-0.2, 0) is 6.54 Å². The molecule has 0 aromatic carbocycles. The van der Waals surface area contributed by atoms with E-state index in [1.807, 2.05) is 0 Å². The molecule has 0 radical (unpaired) electrons. The Morgan fingerprint density at radius 3 is 3.07 bits per heavy atom. The molecular weight excluding hydrogens is 183 g/mol. The van der Waals surface area contributed by atoms with Gasteiger partial charge in [0.25, 0.3) is 0 Å². The number of aromatic amines is 1. The smallest absolute Gasteiger partial charge is 0.164 e. The maximum atomic E-state index is 13.1. The number of hydrogen-bond acceptors (Lipinski definition) is 3. The molecule has 14 heavy (non-hydrogen) atoms. The van der Waals surface area contributed by atoms with Gasteiger partial charge in [-0.15, -0.1) is 0 Å². The molecule has 0 saturated heterocycles. The van der Waals surface area contributed by atoms with Crippen molar-refractivity contribution in [3.63, 3.8) is 0 Å². The molecule has 0 spiro atoms. The van der Waals surface area contributed by atoms with Gasteiger partial charge < -0.3 is 5.32 Å². The highest BCUT2D eigenvalue weighted by Crippen LogP contribution is 2.11. The number of rotatable bonds is 3. The van der Waals surface area contributed by atoms with Gasteiger partial charge in [-0.2, -0.15) is 5.10 Å². The number of aromatic nitrogens is 3. The first-order valence-corrected chi connectivity index (χ1v) is 4.17. The SMILES string of the molecule is Fc1cnccc1NCc1cn[nH]c1. The van der Waals surface area contributed by atoms with E-state index in [1.54, 1.807) is 24.7 Å². The first-order chi connectivity index (χ1) is 6.86. The monoisotopic (exact) mass is 192 g/mol. The Balaban J connectivity index is 2.02. The molecule has 0 amide bonds. The lowest BCUT2D eigenvalue weighted by molar-refractivity contribution is 0.624. The van der Waals surface area contributed by atoms with Crippen LogP contribution in [-0.4, -0.2) is 15.2 Å². The van der Waals surface area contributed by atoms with E-state index in [-0.39, 0.29) is 5.82 Å². The average molecular weight is 192 g/mol. The van der Waals surface area contributed by atoms with E-state index < -0.39 is 0 Å². The zero-order valence-electron chi connectivity index (χ0n) is 7.37. The first-order valence-electron chi connectivity index (χ1n) is 4.17. The summed E-state index contributed by atoms with van der Waals surface area (Å²) in [6, 6.07) is 1.59. The van der Waals surface area contributed by atoms with E-state index in [0.717, 1.165) is 5.56 Å². The summed E-state index contributed by atoms with van der Waals surface area (Å²) in [7, 11) is 0. The third kappa shape index (κ3) is 1.87. The third-order valence-corrected chi connectivity index (χ3v) is 1.81. The summed E-state index contributed by atoms with van der Waals surface area (Å²) in [5.41, 5.74) is 1.42. The van der Waals surface area contributed by atoms with Gasteiger partial charge in [-0.25, -0.2) is 4.39 Å². The summed E-state index contributed by atoms with van der Waals surface area (Å²) in [6.07, 6.45) is 6.16. The molecule has 0 unspecified atom stereocenters. The summed E-state index contributed by atoms with van der Waals surface area (Å²) in [5, 5.41) is 9.41. The normalized spacial score (nSPS) is 10.1. The van der Waals surface area contributed by atoms with Crippen LogP contribution in [0.1, 0.15) is 5.56 Å². The van der Waals surface area contributed by atoms with Crippen LogP contribution in [0.3, 0.4) is 0 Å². The molecule has 2 N–H and O–H groups in total.